The molecule has 9 heteroatoms. The molecule has 2 rings (SSSR count). The Balaban J connectivity index is 2.16. The van der Waals surface area contributed by atoms with Crippen LogP contribution >= 0.6 is 11.6 Å². The third-order valence-electron chi connectivity index (χ3n) is 4.33. The van der Waals surface area contributed by atoms with Crippen LogP contribution in [-0.2, 0) is 15.8 Å². The zero-order valence-electron chi connectivity index (χ0n) is 16.2. The van der Waals surface area contributed by atoms with Gasteiger partial charge in [0, 0.05) is 29.5 Å². The van der Waals surface area contributed by atoms with Crippen LogP contribution in [-0.4, -0.2) is 24.9 Å². The minimum absolute atomic E-state index is 0.135. The van der Waals surface area contributed by atoms with E-state index in [2.05, 4.69) is 10.2 Å². The number of benzene rings is 2. The molecule has 0 saturated carbocycles. The van der Waals surface area contributed by atoms with Crippen molar-refractivity contribution in [1.29, 1.82) is 0 Å². The third-order valence-corrected chi connectivity index (χ3v) is 4.56. The van der Waals surface area contributed by atoms with E-state index in [-0.39, 0.29) is 5.02 Å². The minimum Gasteiger partial charge on any atom is -0.372 e. The lowest BCUT2D eigenvalue weighted by molar-refractivity contribution is -0.137. The number of nitrogens with one attached hydrogen (secondary N) is 2. The fourth-order valence-corrected chi connectivity index (χ4v) is 2.96. The second-order valence-electron chi connectivity index (χ2n) is 6.27. The summed E-state index contributed by atoms with van der Waals surface area (Å²) in [6.45, 7) is 7.43. The van der Waals surface area contributed by atoms with Crippen LogP contribution in [0.5, 0.6) is 0 Å². The summed E-state index contributed by atoms with van der Waals surface area (Å²) >= 11 is 5.61. The van der Waals surface area contributed by atoms with Gasteiger partial charge in [0.15, 0.2) is 0 Å². The first-order chi connectivity index (χ1) is 13.6. The van der Waals surface area contributed by atoms with E-state index in [0.717, 1.165) is 30.4 Å². The van der Waals surface area contributed by atoms with Gasteiger partial charge in [0.05, 0.1) is 11.3 Å². The Kier molecular flexibility index (Phi) is 7.13. The molecule has 0 unspecified atom stereocenters. The van der Waals surface area contributed by atoms with Gasteiger partial charge < -0.3 is 15.5 Å². The molecule has 0 saturated heterocycles. The molecule has 0 spiro atoms. The Labute approximate surface area is 171 Å². The molecule has 29 heavy (non-hydrogen) atoms. The van der Waals surface area contributed by atoms with Gasteiger partial charge in [0.25, 0.3) is 0 Å². The molecule has 0 aliphatic heterocycles. The van der Waals surface area contributed by atoms with Crippen LogP contribution in [0.15, 0.2) is 36.4 Å². The Bertz CT molecular complexity index is 912. The van der Waals surface area contributed by atoms with E-state index in [1.54, 1.807) is 19.1 Å². The van der Waals surface area contributed by atoms with Crippen molar-refractivity contribution in [3.63, 3.8) is 0 Å². The maximum atomic E-state index is 13.1. The van der Waals surface area contributed by atoms with Gasteiger partial charge in [-0.05, 0) is 62.7 Å². The fourth-order valence-electron chi connectivity index (χ4n) is 2.79. The first kappa shape index (κ1) is 22.5. The molecule has 0 radical (unpaired) electrons. The molecule has 2 N–H and O–H groups in total. The van der Waals surface area contributed by atoms with Gasteiger partial charge >= 0.3 is 18.0 Å². The molecule has 156 valence electrons. The predicted octanol–water partition coefficient (Wildman–Crippen LogP) is 5.09. The number of carbonyl (C=O) groups is 2. The molecular weight excluding hydrogens is 407 g/mol. The zero-order chi connectivity index (χ0) is 21.8. The first-order valence-corrected chi connectivity index (χ1v) is 9.29. The Morgan fingerprint density at radius 3 is 2.03 bits per heavy atom. The number of rotatable bonds is 5. The molecule has 0 fully saturated rings. The van der Waals surface area contributed by atoms with Gasteiger partial charge in [0.2, 0.25) is 0 Å². The van der Waals surface area contributed by atoms with Crippen molar-refractivity contribution >= 4 is 40.5 Å². The normalized spacial score (nSPS) is 11.1. The fraction of sp³-hybridized carbons (Fsp3) is 0.300. The lowest BCUT2D eigenvalue weighted by Crippen LogP contribution is -2.30. The molecule has 0 bridgehead atoms. The summed E-state index contributed by atoms with van der Waals surface area (Å²) in [6.07, 6.45) is -4.74. The number of nitrogens with zero attached hydrogens (tertiary/aromatic N) is 1. The van der Waals surface area contributed by atoms with Crippen molar-refractivity contribution in [3.8, 4) is 0 Å². The lowest BCUT2D eigenvalue weighted by Gasteiger charge is -2.22. The van der Waals surface area contributed by atoms with E-state index in [1.165, 1.54) is 6.07 Å². The number of aryl methyl sites for hydroxylation is 1. The smallest absolute Gasteiger partial charge is 0.372 e. The molecule has 5 nitrogen and oxygen atoms in total. The van der Waals surface area contributed by atoms with E-state index in [1.807, 2.05) is 25.2 Å². The van der Waals surface area contributed by atoms with Crippen LogP contribution in [0, 0.1) is 6.92 Å². The molecule has 2 aromatic carbocycles. The van der Waals surface area contributed by atoms with Crippen LogP contribution in [0.4, 0.5) is 30.2 Å². The van der Waals surface area contributed by atoms with Gasteiger partial charge in [-0.1, -0.05) is 11.6 Å². The second kappa shape index (κ2) is 9.17. The van der Waals surface area contributed by atoms with Crippen LogP contribution in [0.3, 0.4) is 0 Å². The largest absolute Gasteiger partial charge is 0.418 e. The summed E-state index contributed by atoms with van der Waals surface area (Å²) in [6, 6.07) is 8.19. The van der Waals surface area contributed by atoms with Crippen molar-refractivity contribution in [2.45, 2.75) is 26.9 Å². The topological polar surface area (TPSA) is 61.4 Å². The van der Waals surface area contributed by atoms with Crippen LogP contribution in [0.2, 0.25) is 5.02 Å². The van der Waals surface area contributed by atoms with Crippen molar-refractivity contribution < 1.29 is 22.8 Å². The van der Waals surface area contributed by atoms with E-state index >= 15 is 0 Å². The Hall–Kier alpha value is -2.74. The quantitative estimate of drug-likeness (QED) is 0.653. The molecule has 2 amide bonds. The van der Waals surface area contributed by atoms with Crippen molar-refractivity contribution in [2.75, 3.05) is 28.6 Å². The standard InChI is InChI=1S/C20H21ClF3N3O2/c1-4-27(5-2)14-7-9-16(12(3)10-14)25-18(28)19(29)26-17-8-6-13(21)11-15(17)20(22,23)24/h6-11H,4-5H2,1-3H3,(H,25,28)(H,26,29). The highest BCUT2D eigenvalue weighted by Gasteiger charge is 2.34. The third kappa shape index (κ3) is 5.63. The highest BCUT2D eigenvalue weighted by molar-refractivity contribution is 6.43. The summed E-state index contributed by atoms with van der Waals surface area (Å²) in [5.74, 6) is -2.29. The van der Waals surface area contributed by atoms with Crippen LogP contribution < -0.4 is 15.5 Å². The summed E-state index contributed by atoms with van der Waals surface area (Å²) in [7, 11) is 0. The number of alkyl halides is 3. The van der Waals surface area contributed by atoms with Crippen LogP contribution in [0.1, 0.15) is 25.0 Å². The SMILES string of the molecule is CCN(CC)c1ccc(NC(=O)C(=O)Nc2ccc(Cl)cc2C(F)(F)F)c(C)c1. The lowest BCUT2D eigenvalue weighted by atomic mass is 10.1. The highest BCUT2D eigenvalue weighted by Crippen LogP contribution is 2.36. The number of carbonyl (C=O) groups excluding carboxylic acids is 2. The van der Waals surface area contributed by atoms with Crippen molar-refractivity contribution in [2.24, 2.45) is 0 Å². The van der Waals surface area contributed by atoms with Gasteiger partial charge in [-0.2, -0.15) is 13.2 Å². The minimum atomic E-state index is -4.74. The van der Waals surface area contributed by atoms with E-state index in [9.17, 15) is 22.8 Å². The number of anilines is 3. The van der Waals surface area contributed by atoms with Crippen LogP contribution in [0.25, 0.3) is 0 Å². The Morgan fingerprint density at radius 1 is 0.966 bits per heavy atom. The summed E-state index contributed by atoms with van der Waals surface area (Å²) in [4.78, 5) is 26.4. The monoisotopic (exact) mass is 427 g/mol. The second-order valence-corrected chi connectivity index (χ2v) is 6.70. The predicted molar refractivity (Wildman–Crippen MR) is 108 cm³/mol. The number of hydrogen-bond acceptors (Lipinski definition) is 3. The van der Waals surface area contributed by atoms with E-state index in [4.69, 9.17) is 11.6 Å². The molecular formula is C20H21ClF3N3O2. The van der Waals surface area contributed by atoms with Gasteiger partial charge in [0.1, 0.15) is 0 Å². The molecule has 0 atom stereocenters. The molecule has 0 heterocycles. The molecule has 0 aliphatic rings. The number of halogens is 4. The van der Waals surface area contributed by atoms with E-state index < -0.39 is 29.2 Å². The first-order valence-electron chi connectivity index (χ1n) is 8.91. The molecule has 0 aliphatic carbocycles. The Morgan fingerprint density at radius 2 is 1.52 bits per heavy atom. The van der Waals surface area contributed by atoms with Gasteiger partial charge in [-0.25, -0.2) is 0 Å². The average molecular weight is 428 g/mol. The highest BCUT2D eigenvalue weighted by atomic mass is 35.5. The van der Waals surface area contributed by atoms with Gasteiger partial charge in [-0.15, -0.1) is 0 Å². The summed E-state index contributed by atoms with van der Waals surface area (Å²) < 4.78 is 39.4. The number of hydrogen-bond donors (Lipinski definition) is 2. The molecule has 2 aromatic rings. The van der Waals surface area contributed by atoms with Crippen molar-refractivity contribution in [3.05, 3.63) is 52.5 Å². The van der Waals surface area contributed by atoms with Crippen molar-refractivity contribution in [1.82, 2.24) is 0 Å². The van der Waals surface area contributed by atoms with E-state index in [0.29, 0.717) is 11.8 Å². The molecule has 0 aromatic heterocycles. The number of amides is 2. The summed E-state index contributed by atoms with van der Waals surface area (Å²) in [5, 5.41) is 4.28. The maximum Gasteiger partial charge on any atom is 0.418 e. The zero-order valence-corrected chi connectivity index (χ0v) is 16.9. The van der Waals surface area contributed by atoms with Gasteiger partial charge in [-0.3, -0.25) is 9.59 Å². The summed E-state index contributed by atoms with van der Waals surface area (Å²) in [5.41, 5.74) is 0.402. The average Bonchev–Trinajstić information content (AvgIpc) is 2.65. The maximum absolute atomic E-state index is 13.1.